The lowest BCUT2D eigenvalue weighted by Gasteiger charge is -2.36. The second-order valence-corrected chi connectivity index (χ2v) is 6.85. The molecule has 2 N–H and O–H groups in total. The standard InChI is InChI=1S/C21H27NO3/c1-25-20-7-4-5-16(13-20)14-22(18-9-11-19(23)12-10-18)15-17-6-2-3-8-21(17)24/h2-8,13,18-19,23-24H,9-12,14-15H2,1H3. The predicted octanol–water partition coefficient (Wildman–Crippen LogP) is 3.71. The number of hydrogen-bond acceptors (Lipinski definition) is 4. The third-order valence-electron chi connectivity index (χ3n) is 5.07. The molecule has 4 heteroatoms. The molecule has 0 amide bonds. The molecule has 2 aromatic carbocycles. The van der Waals surface area contributed by atoms with Crippen LogP contribution in [0.15, 0.2) is 48.5 Å². The molecule has 1 aliphatic rings. The zero-order chi connectivity index (χ0) is 17.6. The summed E-state index contributed by atoms with van der Waals surface area (Å²) in [5.41, 5.74) is 2.14. The second kappa shape index (κ2) is 8.37. The number of methoxy groups -OCH3 is 1. The molecule has 0 bridgehead atoms. The number of aromatic hydroxyl groups is 1. The zero-order valence-electron chi connectivity index (χ0n) is 14.8. The molecule has 0 unspecified atom stereocenters. The molecule has 25 heavy (non-hydrogen) atoms. The lowest BCUT2D eigenvalue weighted by Crippen LogP contribution is -2.38. The molecule has 1 aliphatic carbocycles. The molecular formula is C21H27NO3. The number of ether oxygens (including phenoxy) is 1. The predicted molar refractivity (Wildman–Crippen MR) is 98.6 cm³/mol. The van der Waals surface area contributed by atoms with Crippen molar-refractivity contribution in [1.29, 1.82) is 0 Å². The fourth-order valence-electron chi connectivity index (χ4n) is 3.61. The molecule has 0 atom stereocenters. The van der Waals surface area contributed by atoms with Gasteiger partial charge in [0.1, 0.15) is 11.5 Å². The Labute approximate surface area is 149 Å². The van der Waals surface area contributed by atoms with Crippen LogP contribution in [0.25, 0.3) is 0 Å². The summed E-state index contributed by atoms with van der Waals surface area (Å²) in [7, 11) is 1.68. The van der Waals surface area contributed by atoms with Crippen molar-refractivity contribution in [2.75, 3.05) is 7.11 Å². The minimum Gasteiger partial charge on any atom is -0.508 e. The van der Waals surface area contributed by atoms with Gasteiger partial charge in [-0.15, -0.1) is 0 Å². The van der Waals surface area contributed by atoms with Gasteiger partial charge in [-0.3, -0.25) is 4.90 Å². The van der Waals surface area contributed by atoms with Crippen LogP contribution in [0.3, 0.4) is 0 Å². The van der Waals surface area contributed by atoms with E-state index in [1.165, 1.54) is 5.56 Å². The summed E-state index contributed by atoms with van der Waals surface area (Å²) in [4.78, 5) is 2.41. The Morgan fingerprint density at radius 2 is 1.76 bits per heavy atom. The first kappa shape index (κ1) is 17.8. The summed E-state index contributed by atoms with van der Waals surface area (Å²) in [6.07, 6.45) is 3.50. The van der Waals surface area contributed by atoms with Gasteiger partial charge >= 0.3 is 0 Å². The molecule has 0 radical (unpaired) electrons. The number of nitrogens with zero attached hydrogens (tertiary/aromatic N) is 1. The van der Waals surface area contributed by atoms with Gasteiger partial charge in [-0.1, -0.05) is 30.3 Å². The summed E-state index contributed by atoms with van der Waals surface area (Å²) < 4.78 is 5.34. The van der Waals surface area contributed by atoms with E-state index >= 15 is 0 Å². The van der Waals surface area contributed by atoms with Crippen molar-refractivity contribution in [3.63, 3.8) is 0 Å². The Morgan fingerprint density at radius 3 is 2.48 bits per heavy atom. The third-order valence-corrected chi connectivity index (χ3v) is 5.07. The van der Waals surface area contributed by atoms with Crippen LogP contribution in [0.5, 0.6) is 11.5 Å². The van der Waals surface area contributed by atoms with Crippen molar-refractivity contribution in [3.05, 3.63) is 59.7 Å². The Balaban J connectivity index is 1.79. The molecule has 0 aliphatic heterocycles. The van der Waals surface area contributed by atoms with Crippen LogP contribution >= 0.6 is 0 Å². The van der Waals surface area contributed by atoms with E-state index in [0.717, 1.165) is 43.5 Å². The smallest absolute Gasteiger partial charge is 0.120 e. The summed E-state index contributed by atoms with van der Waals surface area (Å²) in [5, 5.41) is 20.0. The average Bonchev–Trinajstić information content (AvgIpc) is 2.64. The first-order chi connectivity index (χ1) is 12.2. The normalized spacial score (nSPS) is 20.6. The Bertz CT molecular complexity index is 680. The van der Waals surface area contributed by atoms with Crippen LogP contribution in [-0.4, -0.2) is 34.4 Å². The van der Waals surface area contributed by atoms with Crippen molar-refractivity contribution >= 4 is 0 Å². The van der Waals surface area contributed by atoms with Crippen LogP contribution in [0.2, 0.25) is 0 Å². The summed E-state index contributed by atoms with van der Waals surface area (Å²) in [6.45, 7) is 1.50. The lowest BCUT2D eigenvalue weighted by atomic mass is 9.91. The van der Waals surface area contributed by atoms with E-state index in [4.69, 9.17) is 4.74 Å². The number of phenolic OH excluding ortho intramolecular Hbond substituents is 1. The van der Waals surface area contributed by atoms with Gasteiger partial charge in [0.25, 0.3) is 0 Å². The topological polar surface area (TPSA) is 52.9 Å². The second-order valence-electron chi connectivity index (χ2n) is 6.85. The Kier molecular flexibility index (Phi) is 5.95. The maximum Gasteiger partial charge on any atom is 0.120 e. The largest absolute Gasteiger partial charge is 0.508 e. The molecule has 1 saturated carbocycles. The monoisotopic (exact) mass is 341 g/mol. The fourth-order valence-corrected chi connectivity index (χ4v) is 3.61. The Hall–Kier alpha value is -2.04. The van der Waals surface area contributed by atoms with Crippen LogP contribution in [0.4, 0.5) is 0 Å². The molecule has 1 fully saturated rings. The molecule has 2 aromatic rings. The van der Waals surface area contributed by atoms with E-state index < -0.39 is 0 Å². The highest BCUT2D eigenvalue weighted by molar-refractivity contribution is 5.32. The Morgan fingerprint density at radius 1 is 1.00 bits per heavy atom. The molecule has 0 heterocycles. The van der Waals surface area contributed by atoms with Gasteiger partial charge in [0, 0.05) is 24.7 Å². The highest BCUT2D eigenvalue weighted by Gasteiger charge is 2.25. The van der Waals surface area contributed by atoms with E-state index in [0.29, 0.717) is 18.3 Å². The molecule has 3 rings (SSSR count). The maximum absolute atomic E-state index is 10.2. The number of phenols is 1. The minimum absolute atomic E-state index is 0.167. The number of hydrogen-bond donors (Lipinski definition) is 2. The van der Waals surface area contributed by atoms with Gasteiger partial charge in [0.2, 0.25) is 0 Å². The van der Waals surface area contributed by atoms with Crippen molar-refractivity contribution in [2.45, 2.75) is 50.9 Å². The summed E-state index contributed by atoms with van der Waals surface area (Å²) in [6, 6.07) is 16.1. The first-order valence-corrected chi connectivity index (χ1v) is 8.97. The summed E-state index contributed by atoms with van der Waals surface area (Å²) in [5.74, 6) is 1.20. The molecule has 0 aromatic heterocycles. The van der Waals surface area contributed by atoms with E-state index in [9.17, 15) is 10.2 Å². The summed E-state index contributed by atoms with van der Waals surface area (Å²) >= 11 is 0. The molecule has 0 saturated heterocycles. The molecular weight excluding hydrogens is 314 g/mol. The van der Waals surface area contributed by atoms with Gasteiger partial charge < -0.3 is 14.9 Å². The van der Waals surface area contributed by atoms with Gasteiger partial charge in [0.15, 0.2) is 0 Å². The van der Waals surface area contributed by atoms with Gasteiger partial charge in [-0.05, 0) is 49.4 Å². The van der Waals surface area contributed by atoms with E-state index in [1.807, 2.05) is 30.3 Å². The van der Waals surface area contributed by atoms with Crippen molar-refractivity contribution in [2.24, 2.45) is 0 Å². The minimum atomic E-state index is -0.167. The maximum atomic E-state index is 10.2. The van der Waals surface area contributed by atoms with Crippen LogP contribution in [0.1, 0.15) is 36.8 Å². The van der Waals surface area contributed by atoms with Crippen LogP contribution < -0.4 is 4.74 Å². The van der Waals surface area contributed by atoms with Crippen LogP contribution in [0, 0.1) is 0 Å². The zero-order valence-corrected chi connectivity index (χ0v) is 14.8. The van der Waals surface area contributed by atoms with Gasteiger partial charge in [-0.25, -0.2) is 0 Å². The van der Waals surface area contributed by atoms with Gasteiger partial charge in [-0.2, -0.15) is 0 Å². The van der Waals surface area contributed by atoms with Gasteiger partial charge in [0.05, 0.1) is 13.2 Å². The number of benzene rings is 2. The molecule has 0 spiro atoms. The highest BCUT2D eigenvalue weighted by Crippen LogP contribution is 2.28. The highest BCUT2D eigenvalue weighted by atomic mass is 16.5. The molecule has 4 nitrogen and oxygen atoms in total. The number of para-hydroxylation sites is 1. The van der Waals surface area contributed by atoms with E-state index in [1.54, 1.807) is 13.2 Å². The fraction of sp³-hybridized carbons (Fsp3) is 0.429. The van der Waals surface area contributed by atoms with Crippen LogP contribution in [-0.2, 0) is 13.1 Å². The van der Waals surface area contributed by atoms with Crippen molar-refractivity contribution in [1.82, 2.24) is 4.90 Å². The lowest BCUT2D eigenvalue weighted by molar-refractivity contribution is 0.0662. The van der Waals surface area contributed by atoms with E-state index in [-0.39, 0.29) is 6.10 Å². The SMILES string of the molecule is COc1cccc(CN(Cc2ccccc2O)C2CCC(O)CC2)c1. The number of aliphatic hydroxyl groups excluding tert-OH is 1. The first-order valence-electron chi connectivity index (χ1n) is 8.97. The van der Waals surface area contributed by atoms with E-state index in [2.05, 4.69) is 17.0 Å². The average molecular weight is 341 g/mol. The molecule has 134 valence electrons. The van der Waals surface area contributed by atoms with Crippen molar-refractivity contribution < 1.29 is 14.9 Å². The number of rotatable bonds is 6. The third kappa shape index (κ3) is 4.74. The van der Waals surface area contributed by atoms with Crippen molar-refractivity contribution in [3.8, 4) is 11.5 Å². The quantitative estimate of drug-likeness (QED) is 0.841. The number of aliphatic hydroxyl groups is 1.